The molecule has 2 atom stereocenters. The van der Waals surface area contributed by atoms with Crippen LogP contribution in [-0.4, -0.2) is 41.1 Å². The third kappa shape index (κ3) is 2.78. The van der Waals surface area contributed by atoms with Gasteiger partial charge >= 0.3 is 0 Å². The number of rotatable bonds is 3. The molecule has 0 amide bonds. The maximum Gasteiger partial charge on any atom is 0.0710 e. The van der Waals surface area contributed by atoms with E-state index >= 15 is 0 Å². The van der Waals surface area contributed by atoms with Gasteiger partial charge < -0.3 is 4.74 Å². The fourth-order valence-corrected chi connectivity index (χ4v) is 4.88. The summed E-state index contributed by atoms with van der Waals surface area (Å²) < 4.78 is 6.45. The van der Waals surface area contributed by atoms with Gasteiger partial charge in [-0.3, -0.25) is 4.90 Å². The van der Waals surface area contributed by atoms with E-state index in [-0.39, 0.29) is 0 Å². The molecule has 0 aromatic carbocycles. The van der Waals surface area contributed by atoms with E-state index in [4.69, 9.17) is 4.74 Å². The molecular weight excluding hydrogens is 290 g/mol. The predicted octanol–water partition coefficient (Wildman–Crippen LogP) is 3.73. The highest BCUT2D eigenvalue weighted by molar-refractivity contribution is 9.09. The van der Waals surface area contributed by atoms with E-state index in [1.54, 1.807) is 0 Å². The Kier molecular flexibility index (Phi) is 4.32. The van der Waals surface area contributed by atoms with Crippen molar-refractivity contribution in [2.75, 3.05) is 18.4 Å². The zero-order valence-corrected chi connectivity index (χ0v) is 13.0. The van der Waals surface area contributed by atoms with Gasteiger partial charge in [0.15, 0.2) is 0 Å². The van der Waals surface area contributed by atoms with Crippen LogP contribution in [0.1, 0.15) is 57.8 Å². The molecule has 3 fully saturated rings. The van der Waals surface area contributed by atoms with Gasteiger partial charge in [-0.1, -0.05) is 35.2 Å². The van der Waals surface area contributed by atoms with E-state index in [0.29, 0.717) is 11.7 Å². The van der Waals surface area contributed by atoms with Crippen molar-refractivity contribution >= 4 is 15.9 Å². The molecule has 2 saturated heterocycles. The topological polar surface area (TPSA) is 12.5 Å². The van der Waals surface area contributed by atoms with Gasteiger partial charge in [-0.05, 0) is 45.1 Å². The highest BCUT2D eigenvalue weighted by Crippen LogP contribution is 2.43. The average Bonchev–Trinajstić information content (AvgIpc) is 3.01. The molecule has 0 aromatic heterocycles. The first kappa shape index (κ1) is 13.4. The Bertz CT molecular complexity index is 278. The average molecular weight is 316 g/mol. The fraction of sp³-hybridized carbons (Fsp3) is 1.00. The van der Waals surface area contributed by atoms with E-state index in [1.807, 2.05) is 0 Å². The van der Waals surface area contributed by atoms with Crippen LogP contribution in [-0.2, 0) is 4.74 Å². The maximum absolute atomic E-state index is 6.45. The maximum atomic E-state index is 6.45. The number of nitrogens with zero attached hydrogens (tertiary/aromatic N) is 1. The summed E-state index contributed by atoms with van der Waals surface area (Å²) in [4.78, 5) is 2.68. The van der Waals surface area contributed by atoms with Crippen molar-refractivity contribution in [3.8, 4) is 0 Å². The monoisotopic (exact) mass is 315 g/mol. The molecule has 2 aliphatic heterocycles. The minimum atomic E-state index is 0.310. The first-order chi connectivity index (χ1) is 8.81. The Morgan fingerprint density at radius 3 is 2.67 bits per heavy atom. The molecule has 0 radical (unpaired) electrons. The van der Waals surface area contributed by atoms with Crippen molar-refractivity contribution < 1.29 is 4.74 Å². The summed E-state index contributed by atoms with van der Waals surface area (Å²) in [5.74, 6) is 0. The van der Waals surface area contributed by atoms with Crippen LogP contribution in [0.2, 0.25) is 0 Å². The molecule has 0 bridgehead atoms. The van der Waals surface area contributed by atoms with E-state index in [1.165, 1.54) is 70.9 Å². The molecule has 1 saturated carbocycles. The van der Waals surface area contributed by atoms with Crippen LogP contribution in [0.3, 0.4) is 0 Å². The lowest BCUT2D eigenvalue weighted by Gasteiger charge is -2.36. The molecule has 1 spiro atoms. The summed E-state index contributed by atoms with van der Waals surface area (Å²) in [7, 11) is 0. The van der Waals surface area contributed by atoms with Gasteiger partial charge in [-0.25, -0.2) is 0 Å². The van der Waals surface area contributed by atoms with Crippen LogP contribution in [0.5, 0.6) is 0 Å². The number of halogens is 1. The smallest absolute Gasteiger partial charge is 0.0710 e. The van der Waals surface area contributed by atoms with Gasteiger partial charge in [0.2, 0.25) is 0 Å². The number of hydrogen-bond acceptors (Lipinski definition) is 2. The first-order valence-corrected chi connectivity index (χ1v) is 8.91. The third-order valence-corrected chi connectivity index (χ3v) is 5.97. The van der Waals surface area contributed by atoms with Gasteiger partial charge in [0.1, 0.15) is 0 Å². The minimum absolute atomic E-state index is 0.310. The molecule has 0 aromatic rings. The number of likely N-dealkylation sites (tertiary alicyclic amines) is 1. The first-order valence-electron chi connectivity index (χ1n) is 7.79. The van der Waals surface area contributed by atoms with Crippen molar-refractivity contribution in [3.63, 3.8) is 0 Å². The minimum Gasteiger partial charge on any atom is -0.370 e. The summed E-state index contributed by atoms with van der Waals surface area (Å²) in [5, 5.41) is 1.13. The van der Waals surface area contributed by atoms with E-state index in [9.17, 15) is 0 Å². The zero-order chi connectivity index (χ0) is 12.4. The lowest BCUT2D eigenvalue weighted by Crippen LogP contribution is -2.45. The van der Waals surface area contributed by atoms with Gasteiger partial charge in [-0.2, -0.15) is 0 Å². The molecule has 3 rings (SSSR count). The largest absolute Gasteiger partial charge is 0.370 e. The summed E-state index contributed by atoms with van der Waals surface area (Å²) in [6.07, 6.45) is 12.7. The molecule has 104 valence electrons. The van der Waals surface area contributed by atoms with Crippen LogP contribution in [0.15, 0.2) is 0 Å². The third-order valence-electron chi connectivity index (χ3n) is 5.22. The highest BCUT2D eigenvalue weighted by Gasteiger charge is 2.42. The van der Waals surface area contributed by atoms with Crippen molar-refractivity contribution in [3.05, 3.63) is 0 Å². The molecule has 2 nitrogen and oxygen atoms in total. The lowest BCUT2D eigenvalue weighted by molar-refractivity contribution is -0.0528. The Balaban J connectivity index is 1.53. The molecular formula is C15H26BrNO. The molecule has 18 heavy (non-hydrogen) atoms. The van der Waals surface area contributed by atoms with Crippen LogP contribution >= 0.6 is 15.9 Å². The van der Waals surface area contributed by atoms with Crippen LogP contribution in [0.25, 0.3) is 0 Å². The van der Waals surface area contributed by atoms with E-state index < -0.39 is 0 Å². The highest BCUT2D eigenvalue weighted by atomic mass is 79.9. The van der Waals surface area contributed by atoms with Crippen molar-refractivity contribution in [2.24, 2.45) is 0 Å². The second-order valence-corrected chi connectivity index (χ2v) is 7.11. The zero-order valence-electron chi connectivity index (χ0n) is 11.4. The summed E-state index contributed by atoms with van der Waals surface area (Å²) in [6, 6.07) is 0.752. The van der Waals surface area contributed by atoms with Crippen LogP contribution in [0, 0.1) is 0 Å². The lowest BCUT2D eigenvalue weighted by atomic mass is 9.98. The van der Waals surface area contributed by atoms with Crippen molar-refractivity contribution in [1.29, 1.82) is 0 Å². The summed E-state index contributed by atoms with van der Waals surface area (Å²) in [5.41, 5.74) is 0.310. The van der Waals surface area contributed by atoms with Gasteiger partial charge in [0.25, 0.3) is 0 Å². The number of hydrogen-bond donors (Lipinski definition) is 0. The van der Waals surface area contributed by atoms with E-state index in [2.05, 4.69) is 20.8 Å². The van der Waals surface area contributed by atoms with Gasteiger partial charge in [0.05, 0.1) is 11.7 Å². The Morgan fingerprint density at radius 2 is 1.89 bits per heavy atom. The predicted molar refractivity (Wildman–Crippen MR) is 78.3 cm³/mol. The Hall–Kier alpha value is 0.400. The number of alkyl halides is 1. The van der Waals surface area contributed by atoms with Crippen LogP contribution in [0.4, 0.5) is 0 Å². The second kappa shape index (κ2) is 5.80. The molecule has 2 unspecified atom stereocenters. The fourth-order valence-electron chi connectivity index (χ4n) is 4.15. The Morgan fingerprint density at radius 1 is 1.06 bits per heavy atom. The molecule has 3 aliphatic rings. The SMILES string of the molecule is BrCC1CCCCN1CC1CCC2(CCCC2)O1. The molecule has 0 N–H and O–H groups in total. The normalized spacial score (nSPS) is 36.5. The molecule has 1 aliphatic carbocycles. The van der Waals surface area contributed by atoms with Gasteiger partial charge in [0, 0.05) is 17.9 Å². The van der Waals surface area contributed by atoms with Crippen molar-refractivity contribution in [1.82, 2.24) is 4.90 Å². The molecule has 2 heterocycles. The Labute approximate surface area is 120 Å². The molecule has 3 heteroatoms. The van der Waals surface area contributed by atoms with Gasteiger partial charge in [-0.15, -0.1) is 0 Å². The summed E-state index contributed by atoms with van der Waals surface area (Å²) in [6.45, 7) is 2.46. The number of piperidine rings is 1. The second-order valence-electron chi connectivity index (χ2n) is 6.47. The summed E-state index contributed by atoms with van der Waals surface area (Å²) >= 11 is 3.68. The van der Waals surface area contributed by atoms with Crippen LogP contribution < -0.4 is 0 Å². The van der Waals surface area contributed by atoms with Crippen molar-refractivity contribution in [2.45, 2.75) is 75.5 Å². The van der Waals surface area contributed by atoms with E-state index in [0.717, 1.165) is 11.4 Å². The quantitative estimate of drug-likeness (QED) is 0.736. The number of ether oxygens (including phenoxy) is 1. The standard InChI is InChI=1S/C15H26BrNO/c16-11-13-5-1-4-10-17(13)12-14-6-9-15(18-14)7-2-3-8-15/h13-14H,1-12H2.